The van der Waals surface area contributed by atoms with E-state index in [2.05, 4.69) is 0 Å². The van der Waals surface area contributed by atoms with E-state index < -0.39 is 37.4 Å². The Morgan fingerprint density at radius 2 is 1.29 bits per heavy atom. The normalized spacial score (nSPS) is 13.3. The molecule has 0 bridgehead atoms. The molecule has 0 aromatic rings. The van der Waals surface area contributed by atoms with E-state index in [9.17, 15) is 10.2 Å². The average molecular weight is 208 g/mol. The van der Waals surface area contributed by atoms with Crippen LogP contribution in [0.15, 0.2) is 0 Å². The minimum Gasteiger partial charge on any atom is -0.396 e. The first kappa shape index (κ1) is 13.8. The van der Waals surface area contributed by atoms with Gasteiger partial charge in [-0.05, 0) is 13.0 Å². The monoisotopic (exact) mass is 208 g/mol. The zero-order valence-electron chi connectivity index (χ0n) is 8.19. The van der Waals surface area contributed by atoms with Crippen LogP contribution in [0.4, 0.5) is 0 Å². The number of aliphatic hydroxyl groups excluding tert-OH is 4. The van der Waals surface area contributed by atoms with Crippen LogP contribution < -0.4 is 11.5 Å². The molecule has 0 aliphatic rings. The van der Waals surface area contributed by atoms with Gasteiger partial charge in [-0.15, -0.1) is 0 Å². The van der Waals surface area contributed by atoms with Crippen molar-refractivity contribution in [2.24, 2.45) is 16.9 Å². The molecular weight excluding hydrogens is 188 g/mol. The minimum atomic E-state index is -1.42. The minimum absolute atomic E-state index is 0.208. The summed E-state index contributed by atoms with van der Waals surface area (Å²) < 4.78 is 0. The van der Waals surface area contributed by atoms with Gasteiger partial charge in [-0.3, -0.25) is 0 Å². The lowest BCUT2D eigenvalue weighted by molar-refractivity contribution is -0.0624. The lowest BCUT2D eigenvalue weighted by Gasteiger charge is -2.44. The Balaban J connectivity index is 4.92. The van der Waals surface area contributed by atoms with Gasteiger partial charge in [0.1, 0.15) is 0 Å². The van der Waals surface area contributed by atoms with Crippen LogP contribution in [0.3, 0.4) is 0 Å². The SMILES string of the molecule is NCCC(CO)(CO)C(N)(CO)CO. The Morgan fingerprint density at radius 1 is 0.857 bits per heavy atom. The standard InChI is InChI=1S/C8H20N2O4/c9-2-1-7(3-11,4-12)8(10,5-13)6-14/h11-14H,1-6,9-10H2. The first-order chi connectivity index (χ1) is 6.55. The second-order valence-electron chi connectivity index (χ2n) is 3.61. The van der Waals surface area contributed by atoms with E-state index in [1.54, 1.807) is 0 Å². The molecule has 0 atom stereocenters. The number of hydrogen-bond acceptors (Lipinski definition) is 6. The van der Waals surface area contributed by atoms with Gasteiger partial charge in [0.2, 0.25) is 0 Å². The molecule has 0 saturated carbocycles. The van der Waals surface area contributed by atoms with E-state index >= 15 is 0 Å². The van der Waals surface area contributed by atoms with Crippen LogP contribution in [-0.2, 0) is 0 Å². The van der Waals surface area contributed by atoms with E-state index in [-0.39, 0.29) is 13.0 Å². The van der Waals surface area contributed by atoms with E-state index in [4.69, 9.17) is 21.7 Å². The van der Waals surface area contributed by atoms with Gasteiger partial charge in [0.05, 0.1) is 32.0 Å². The van der Waals surface area contributed by atoms with Gasteiger partial charge in [0.15, 0.2) is 0 Å². The van der Waals surface area contributed by atoms with Crippen LogP contribution in [0.25, 0.3) is 0 Å². The van der Waals surface area contributed by atoms with Gasteiger partial charge < -0.3 is 31.9 Å². The maximum Gasteiger partial charge on any atom is 0.0724 e. The maximum atomic E-state index is 9.19. The zero-order valence-corrected chi connectivity index (χ0v) is 8.19. The molecule has 0 spiro atoms. The molecule has 0 aliphatic heterocycles. The summed E-state index contributed by atoms with van der Waals surface area (Å²) in [6.45, 7) is -1.70. The largest absolute Gasteiger partial charge is 0.396 e. The molecule has 6 nitrogen and oxygen atoms in total. The van der Waals surface area contributed by atoms with Crippen molar-refractivity contribution in [1.29, 1.82) is 0 Å². The third-order valence-corrected chi connectivity index (χ3v) is 2.85. The highest BCUT2D eigenvalue weighted by Gasteiger charge is 2.47. The summed E-state index contributed by atoms with van der Waals surface area (Å²) in [5.41, 5.74) is 8.47. The Bertz CT molecular complexity index is 157. The molecule has 0 amide bonds. The third-order valence-electron chi connectivity index (χ3n) is 2.85. The van der Waals surface area contributed by atoms with Crippen molar-refractivity contribution in [2.75, 3.05) is 33.0 Å². The van der Waals surface area contributed by atoms with Gasteiger partial charge in [0, 0.05) is 5.41 Å². The van der Waals surface area contributed by atoms with Crippen LogP contribution in [-0.4, -0.2) is 58.9 Å². The van der Waals surface area contributed by atoms with Gasteiger partial charge in [-0.2, -0.15) is 0 Å². The maximum absolute atomic E-state index is 9.19. The molecule has 0 saturated heterocycles. The molecule has 8 N–H and O–H groups in total. The number of aliphatic hydroxyl groups is 4. The van der Waals surface area contributed by atoms with Crippen molar-refractivity contribution in [2.45, 2.75) is 12.0 Å². The summed E-state index contributed by atoms with van der Waals surface area (Å²) >= 11 is 0. The number of rotatable bonds is 7. The lowest BCUT2D eigenvalue weighted by atomic mass is 9.69. The summed E-state index contributed by atoms with van der Waals surface area (Å²) in [4.78, 5) is 0. The lowest BCUT2D eigenvalue weighted by Crippen LogP contribution is -2.64. The Kier molecular flexibility index (Phi) is 5.50. The highest BCUT2D eigenvalue weighted by molar-refractivity contribution is 5.02. The Hall–Kier alpha value is -0.240. The summed E-state index contributed by atoms with van der Waals surface area (Å²) in [7, 11) is 0. The Morgan fingerprint density at radius 3 is 1.50 bits per heavy atom. The highest BCUT2D eigenvalue weighted by Crippen LogP contribution is 2.32. The van der Waals surface area contributed by atoms with E-state index in [0.717, 1.165) is 0 Å². The molecule has 86 valence electrons. The summed E-state index contributed by atoms with van der Waals surface area (Å²) in [5, 5.41) is 36.5. The van der Waals surface area contributed by atoms with Gasteiger partial charge in [-0.25, -0.2) is 0 Å². The fourth-order valence-electron chi connectivity index (χ4n) is 1.43. The smallest absolute Gasteiger partial charge is 0.0724 e. The zero-order chi connectivity index (χ0) is 11.2. The van der Waals surface area contributed by atoms with Crippen LogP contribution >= 0.6 is 0 Å². The number of hydrogen-bond donors (Lipinski definition) is 6. The van der Waals surface area contributed by atoms with Crippen LogP contribution in [0.2, 0.25) is 0 Å². The summed E-state index contributed by atoms with van der Waals surface area (Å²) in [6, 6.07) is 0. The molecule has 14 heavy (non-hydrogen) atoms. The summed E-state index contributed by atoms with van der Waals surface area (Å²) in [5.74, 6) is 0. The molecule has 0 aliphatic carbocycles. The topological polar surface area (TPSA) is 133 Å². The van der Waals surface area contributed by atoms with Crippen molar-refractivity contribution in [1.82, 2.24) is 0 Å². The van der Waals surface area contributed by atoms with Crippen molar-refractivity contribution in [3.63, 3.8) is 0 Å². The molecule has 0 radical (unpaired) electrons. The fourth-order valence-corrected chi connectivity index (χ4v) is 1.43. The van der Waals surface area contributed by atoms with Gasteiger partial charge >= 0.3 is 0 Å². The predicted octanol–water partition coefficient (Wildman–Crippen LogP) is -3.01. The molecule has 0 heterocycles. The fraction of sp³-hybridized carbons (Fsp3) is 1.00. The first-order valence-corrected chi connectivity index (χ1v) is 4.48. The third kappa shape index (κ3) is 2.22. The van der Waals surface area contributed by atoms with E-state index in [1.807, 2.05) is 0 Å². The van der Waals surface area contributed by atoms with Gasteiger partial charge in [0.25, 0.3) is 0 Å². The van der Waals surface area contributed by atoms with Gasteiger partial charge in [-0.1, -0.05) is 0 Å². The predicted molar refractivity (Wildman–Crippen MR) is 51.4 cm³/mol. The highest BCUT2D eigenvalue weighted by atomic mass is 16.3. The Labute approximate surface area is 83.2 Å². The number of nitrogens with two attached hydrogens (primary N) is 2. The summed E-state index contributed by atoms with van der Waals surface area (Å²) in [6.07, 6.45) is 0.234. The molecule has 0 fully saturated rings. The van der Waals surface area contributed by atoms with E-state index in [1.165, 1.54) is 0 Å². The quantitative estimate of drug-likeness (QED) is 0.264. The second kappa shape index (κ2) is 5.59. The molecule has 0 rings (SSSR count). The molecule has 0 unspecified atom stereocenters. The van der Waals surface area contributed by atoms with Crippen LogP contribution in [0.5, 0.6) is 0 Å². The molecule has 0 aromatic heterocycles. The molecular formula is C8H20N2O4. The van der Waals surface area contributed by atoms with E-state index in [0.29, 0.717) is 0 Å². The average Bonchev–Trinajstić information content (AvgIpc) is 2.24. The first-order valence-electron chi connectivity index (χ1n) is 4.48. The van der Waals surface area contributed by atoms with Crippen LogP contribution in [0, 0.1) is 5.41 Å². The van der Waals surface area contributed by atoms with Crippen molar-refractivity contribution in [3.05, 3.63) is 0 Å². The van der Waals surface area contributed by atoms with Crippen LogP contribution in [0.1, 0.15) is 6.42 Å². The van der Waals surface area contributed by atoms with Crippen molar-refractivity contribution in [3.8, 4) is 0 Å². The molecule has 0 aromatic carbocycles. The van der Waals surface area contributed by atoms with Crippen molar-refractivity contribution >= 4 is 0 Å². The molecule has 6 heteroatoms. The second-order valence-corrected chi connectivity index (χ2v) is 3.61. The van der Waals surface area contributed by atoms with Crippen molar-refractivity contribution < 1.29 is 20.4 Å².